The monoisotopic (exact) mass is 456 g/mol. The number of amides is 1. The molecule has 1 aliphatic rings. The maximum Gasteiger partial charge on any atom is 0.243 e. The number of rotatable bonds is 6. The standard InChI is InChI=1S/C20H22Cl2N2O4S/c1-2-28-16-6-8-17(9-7-16)29(26,27)24-11-3-4-14(13-24)20(25)23-19-12-15(21)5-10-18(19)22/h5-10,12,14H,2-4,11,13H2,1H3,(H,23,25)/t14-/m0/s1. The van der Waals surface area contributed by atoms with Crippen LogP contribution >= 0.6 is 23.2 Å². The molecule has 2 aromatic rings. The van der Waals surface area contributed by atoms with E-state index in [1.54, 1.807) is 30.3 Å². The number of halogens is 2. The van der Waals surface area contributed by atoms with Crippen LogP contribution in [0.1, 0.15) is 19.8 Å². The predicted molar refractivity (Wildman–Crippen MR) is 114 cm³/mol. The molecule has 0 aromatic heterocycles. The van der Waals surface area contributed by atoms with Gasteiger partial charge in [-0.15, -0.1) is 0 Å². The number of nitrogens with one attached hydrogen (secondary N) is 1. The lowest BCUT2D eigenvalue weighted by Gasteiger charge is -2.31. The molecule has 3 rings (SSSR count). The number of benzene rings is 2. The first-order chi connectivity index (χ1) is 13.8. The molecule has 0 unspecified atom stereocenters. The smallest absolute Gasteiger partial charge is 0.243 e. The molecular formula is C20H22Cl2N2O4S. The summed E-state index contributed by atoms with van der Waals surface area (Å²) in [5, 5.41) is 3.59. The van der Waals surface area contributed by atoms with Crippen molar-refractivity contribution in [2.24, 2.45) is 5.92 Å². The number of sulfonamides is 1. The van der Waals surface area contributed by atoms with Crippen molar-refractivity contribution >= 4 is 44.8 Å². The molecule has 0 spiro atoms. The van der Waals surface area contributed by atoms with Crippen LogP contribution in [0.25, 0.3) is 0 Å². The third-order valence-electron chi connectivity index (χ3n) is 4.71. The van der Waals surface area contributed by atoms with E-state index in [0.29, 0.717) is 47.5 Å². The summed E-state index contributed by atoms with van der Waals surface area (Å²) in [5.74, 6) is -0.141. The van der Waals surface area contributed by atoms with Gasteiger partial charge in [-0.2, -0.15) is 4.31 Å². The van der Waals surface area contributed by atoms with Crippen molar-refractivity contribution in [3.63, 3.8) is 0 Å². The van der Waals surface area contributed by atoms with E-state index in [0.717, 1.165) is 0 Å². The first-order valence-corrected chi connectivity index (χ1v) is 11.5. The summed E-state index contributed by atoms with van der Waals surface area (Å²) < 4.78 is 32.7. The highest BCUT2D eigenvalue weighted by Gasteiger charge is 2.33. The molecule has 0 aliphatic carbocycles. The minimum absolute atomic E-state index is 0.111. The molecule has 1 fully saturated rings. The average Bonchev–Trinajstić information content (AvgIpc) is 2.71. The Kier molecular flexibility index (Phi) is 7.05. The number of carbonyl (C=O) groups excluding carboxylic acids is 1. The normalized spacial score (nSPS) is 17.7. The summed E-state index contributed by atoms with van der Waals surface area (Å²) in [5.41, 5.74) is 0.413. The Bertz CT molecular complexity index is 980. The molecule has 0 saturated carbocycles. The predicted octanol–water partition coefficient (Wildman–Crippen LogP) is 4.43. The average molecular weight is 457 g/mol. The van der Waals surface area contributed by atoms with Crippen LogP contribution in [0.4, 0.5) is 5.69 Å². The van der Waals surface area contributed by atoms with Crippen LogP contribution in [0.3, 0.4) is 0 Å². The summed E-state index contributed by atoms with van der Waals surface area (Å²) in [6.45, 7) is 2.85. The lowest BCUT2D eigenvalue weighted by atomic mass is 9.99. The molecule has 0 bridgehead atoms. The SMILES string of the molecule is CCOc1ccc(S(=O)(=O)N2CCC[C@H](C(=O)Nc3cc(Cl)ccc3Cl)C2)cc1. The van der Waals surface area contributed by atoms with Crippen LogP contribution in [-0.2, 0) is 14.8 Å². The van der Waals surface area contributed by atoms with Crippen LogP contribution < -0.4 is 10.1 Å². The van der Waals surface area contributed by atoms with Crippen LogP contribution in [0.2, 0.25) is 10.0 Å². The van der Waals surface area contributed by atoms with E-state index >= 15 is 0 Å². The summed E-state index contributed by atoms with van der Waals surface area (Å²) in [7, 11) is -3.70. The molecule has 2 aromatic carbocycles. The number of ether oxygens (including phenoxy) is 1. The van der Waals surface area contributed by atoms with Gasteiger partial charge in [0.1, 0.15) is 5.75 Å². The van der Waals surface area contributed by atoms with Crippen molar-refractivity contribution in [3.8, 4) is 5.75 Å². The molecule has 6 nitrogen and oxygen atoms in total. The topological polar surface area (TPSA) is 75.7 Å². The lowest BCUT2D eigenvalue weighted by Crippen LogP contribution is -2.43. The second kappa shape index (κ2) is 9.34. The van der Waals surface area contributed by atoms with Crippen molar-refractivity contribution in [1.29, 1.82) is 0 Å². The van der Waals surface area contributed by atoms with Gasteiger partial charge < -0.3 is 10.1 Å². The van der Waals surface area contributed by atoms with Gasteiger partial charge in [0.25, 0.3) is 0 Å². The van der Waals surface area contributed by atoms with Gasteiger partial charge in [-0.25, -0.2) is 8.42 Å². The number of nitrogens with zero attached hydrogens (tertiary/aromatic N) is 1. The van der Waals surface area contributed by atoms with E-state index in [1.165, 1.54) is 16.4 Å². The van der Waals surface area contributed by atoms with E-state index in [-0.39, 0.29) is 17.3 Å². The van der Waals surface area contributed by atoms with Crippen molar-refractivity contribution < 1.29 is 17.9 Å². The summed E-state index contributed by atoms with van der Waals surface area (Å²) in [6, 6.07) is 11.1. The number of piperidine rings is 1. The molecule has 1 heterocycles. The highest BCUT2D eigenvalue weighted by molar-refractivity contribution is 7.89. The maximum absolute atomic E-state index is 13.0. The Labute approximate surface area is 180 Å². The van der Waals surface area contributed by atoms with Crippen LogP contribution in [0.15, 0.2) is 47.4 Å². The van der Waals surface area contributed by atoms with E-state index in [2.05, 4.69) is 5.32 Å². The number of hydrogen-bond acceptors (Lipinski definition) is 4. The van der Waals surface area contributed by atoms with Crippen LogP contribution in [0.5, 0.6) is 5.75 Å². The van der Waals surface area contributed by atoms with Crippen LogP contribution in [0, 0.1) is 5.92 Å². The third-order valence-corrected chi connectivity index (χ3v) is 7.16. The Morgan fingerprint density at radius 2 is 1.93 bits per heavy atom. The van der Waals surface area contributed by atoms with Gasteiger partial charge in [0.05, 0.1) is 28.1 Å². The molecule has 9 heteroatoms. The highest BCUT2D eigenvalue weighted by atomic mass is 35.5. The number of anilines is 1. The maximum atomic E-state index is 13.0. The molecule has 156 valence electrons. The second-order valence-electron chi connectivity index (χ2n) is 6.72. The zero-order valence-corrected chi connectivity index (χ0v) is 18.2. The van der Waals surface area contributed by atoms with Crippen LogP contribution in [-0.4, -0.2) is 38.3 Å². The summed E-state index contributed by atoms with van der Waals surface area (Å²) in [6.07, 6.45) is 1.19. The van der Waals surface area contributed by atoms with Gasteiger partial charge in [-0.05, 0) is 62.2 Å². The fraction of sp³-hybridized carbons (Fsp3) is 0.350. The molecule has 29 heavy (non-hydrogen) atoms. The second-order valence-corrected chi connectivity index (χ2v) is 9.50. The summed E-state index contributed by atoms with van der Waals surface area (Å²) >= 11 is 12.1. The van der Waals surface area contributed by atoms with E-state index < -0.39 is 15.9 Å². The molecule has 1 aliphatic heterocycles. The largest absolute Gasteiger partial charge is 0.494 e. The quantitative estimate of drug-likeness (QED) is 0.697. The fourth-order valence-corrected chi connectivity index (χ4v) is 5.09. The lowest BCUT2D eigenvalue weighted by molar-refractivity contribution is -0.120. The van der Waals surface area contributed by atoms with Crippen molar-refractivity contribution in [2.75, 3.05) is 25.0 Å². The molecule has 1 amide bonds. The first kappa shape index (κ1) is 21.9. The van der Waals surface area contributed by atoms with Gasteiger partial charge in [-0.1, -0.05) is 23.2 Å². The van der Waals surface area contributed by atoms with Crippen molar-refractivity contribution in [2.45, 2.75) is 24.7 Å². The Hall–Kier alpha value is -1.80. The van der Waals surface area contributed by atoms with E-state index in [9.17, 15) is 13.2 Å². The molecule has 1 N–H and O–H groups in total. The molecule has 0 radical (unpaired) electrons. The van der Waals surface area contributed by atoms with Gasteiger partial charge in [0, 0.05) is 18.1 Å². The summed E-state index contributed by atoms with van der Waals surface area (Å²) in [4.78, 5) is 12.9. The number of carbonyl (C=O) groups is 1. The number of hydrogen-bond donors (Lipinski definition) is 1. The van der Waals surface area contributed by atoms with Gasteiger partial charge in [0.15, 0.2) is 0 Å². The molecule has 1 atom stereocenters. The van der Waals surface area contributed by atoms with Gasteiger partial charge in [-0.3, -0.25) is 4.79 Å². The van der Waals surface area contributed by atoms with Crippen molar-refractivity contribution in [3.05, 3.63) is 52.5 Å². The third kappa shape index (κ3) is 5.22. The first-order valence-electron chi connectivity index (χ1n) is 9.30. The minimum Gasteiger partial charge on any atom is -0.494 e. The molecule has 1 saturated heterocycles. The Balaban J connectivity index is 1.72. The Morgan fingerprint density at radius 3 is 2.62 bits per heavy atom. The fourth-order valence-electron chi connectivity index (χ4n) is 3.23. The Morgan fingerprint density at radius 1 is 1.21 bits per heavy atom. The molecular weight excluding hydrogens is 435 g/mol. The van der Waals surface area contributed by atoms with E-state index in [1.807, 2.05) is 6.92 Å². The van der Waals surface area contributed by atoms with Crippen molar-refractivity contribution in [1.82, 2.24) is 4.31 Å². The zero-order chi connectivity index (χ0) is 21.0. The van der Waals surface area contributed by atoms with E-state index in [4.69, 9.17) is 27.9 Å². The van der Waals surface area contributed by atoms with Gasteiger partial charge >= 0.3 is 0 Å². The highest BCUT2D eigenvalue weighted by Crippen LogP contribution is 2.29. The van der Waals surface area contributed by atoms with Gasteiger partial charge in [0.2, 0.25) is 15.9 Å². The minimum atomic E-state index is -3.70. The zero-order valence-electron chi connectivity index (χ0n) is 15.9.